The number of hydrogen-bond donors (Lipinski definition) is 0. The van der Waals surface area contributed by atoms with Crippen molar-refractivity contribution in [2.75, 3.05) is 6.61 Å². The Balaban J connectivity index is 1.53. The molecule has 0 radical (unpaired) electrons. The third-order valence-corrected chi connectivity index (χ3v) is 4.05. The lowest BCUT2D eigenvalue weighted by molar-refractivity contribution is -0.169. The highest BCUT2D eigenvalue weighted by atomic mass is 19.3. The first-order chi connectivity index (χ1) is 10.7. The Kier molecular flexibility index (Phi) is 3.62. The molecule has 3 rings (SSSR count). The Hall–Kier alpha value is -2.03. The van der Waals surface area contributed by atoms with Crippen molar-refractivity contribution in [3.63, 3.8) is 0 Å². The fourth-order valence-electron chi connectivity index (χ4n) is 2.93. The summed E-state index contributed by atoms with van der Waals surface area (Å²) < 4.78 is 45.4. The van der Waals surface area contributed by atoms with E-state index in [0.717, 1.165) is 0 Å². The van der Waals surface area contributed by atoms with Gasteiger partial charge in [-0.3, -0.25) is 4.79 Å². The number of esters is 3. The summed E-state index contributed by atoms with van der Waals surface area (Å²) in [5, 5.41) is 0. The third-order valence-electron chi connectivity index (χ3n) is 4.05. The molecular weight excluding hydrogens is 318 g/mol. The standard InChI is InChI=1S/C14H14F2O7/c1-5(4-20-13(19)14(2,15)16)11(17)22-9-7-3-6-8(21-7)10(9)23-12(6)18/h6-10H,1,3-4H2,2H3. The number of fused-ring (bicyclic) bond motifs is 1. The highest BCUT2D eigenvalue weighted by molar-refractivity contribution is 5.89. The highest BCUT2D eigenvalue weighted by Gasteiger charge is 2.65. The maximum atomic E-state index is 12.6. The van der Waals surface area contributed by atoms with Crippen LogP contribution in [0, 0.1) is 5.92 Å². The molecule has 0 aliphatic carbocycles. The molecule has 0 aromatic heterocycles. The van der Waals surface area contributed by atoms with Crippen molar-refractivity contribution >= 4 is 17.9 Å². The van der Waals surface area contributed by atoms with E-state index in [-0.39, 0.29) is 17.5 Å². The molecule has 0 saturated carbocycles. The second kappa shape index (κ2) is 5.26. The van der Waals surface area contributed by atoms with Gasteiger partial charge in [0, 0.05) is 6.92 Å². The Bertz CT molecular complexity index is 582. The smallest absolute Gasteiger partial charge is 0.377 e. The second-order valence-corrected chi connectivity index (χ2v) is 5.82. The molecule has 9 heteroatoms. The zero-order valence-corrected chi connectivity index (χ0v) is 12.1. The van der Waals surface area contributed by atoms with Crippen LogP contribution in [0.5, 0.6) is 0 Å². The molecule has 23 heavy (non-hydrogen) atoms. The maximum Gasteiger partial charge on any atom is 0.377 e. The Labute approximate surface area is 129 Å². The van der Waals surface area contributed by atoms with Gasteiger partial charge >= 0.3 is 23.8 Å². The van der Waals surface area contributed by atoms with E-state index in [4.69, 9.17) is 14.2 Å². The van der Waals surface area contributed by atoms with E-state index in [9.17, 15) is 23.2 Å². The normalized spacial score (nSPS) is 34.2. The van der Waals surface area contributed by atoms with Crippen LogP contribution in [0.1, 0.15) is 13.3 Å². The first-order valence-electron chi connectivity index (χ1n) is 6.98. The number of alkyl halides is 2. The Morgan fingerprint density at radius 2 is 2.09 bits per heavy atom. The van der Waals surface area contributed by atoms with E-state index in [1.807, 2.05) is 0 Å². The van der Waals surface area contributed by atoms with E-state index in [0.29, 0.717) is 13.3 Å². The minimum Gasteiger partial charge on any atom is -0.456 e. The van der Waals surface area contributed by atoms with Crippen molar-refractivity contribution in [2.45, 2.75) is 43.7 Å². The lowest BCUT2D eigenvalue weighted by atomic mass is 9.88. The molecule has 3 aliphatic heterocycles. The van der Waals surface area contributed by atoms with Crippen LogP contribution in [0.2, 0.25) is 0 Å². The van der Waals surface area contributed by atoms with E-state index in [1.165, 1.54) is 0 Å². The van der Waals surface area contributed by atoms with E-state index in [1.54, 1.807) is 0 Å². The summed E-state index contributed by atoms with van der Waals surface area (Å²) in [5.41, 5.74) is -0.300. The zero-order chi connectivity index (χ0) is 16.9. The highest BCUT2D eigenvalue weighted by Crippen LogP contribution is 2.47. The molecular formula is C14H14F2O7. The second-order valence-electron chi connectivity index (χ2n) is 5.82. The van der Waals surface area contributed by atoms with Gasteiger partial charge in [-0.15, -0.1) is 0 Å². The quantitative estimate of drug-likeness (QED) is 0.408. The van der Waals surface area contributed by atoms with E-state index < -0.39 is 48.9 Å². The van der Waals surface area contributed by atoms with Gasteiger partial charge in [-0.05, 0) is 6.42 Å². The van der Waals surface area contributed by atoms with Gasteiger partial charge in [0.1, 0.15) is 12.7 Å². The number of rotatable bonds is 5. The summed E-state index contributed by atoms with van der Waals surface area (Å²) >= 11 is 0. The maximum absolute atomic E-state index is 12.6. The predicted molar refractivity (Wildman–Crippen MR) is 67.2 cm³/mol. The molecule has 3 saturated heterocycles. The van der Waals surface area contributed by atoms with Crippen molar-refractivity contribution in [2.24, 2.45) is 5.92 Å². The van der Waals surface area contributed by atoms with Crippen molar-refractivity contribution in [1.82, 2.24) is 0 Å². The number of hydrogen-bond acceptors (Lipinski definition) is 7. The Morgan fingerprint density at radius 3 is 2.74 bits per heavy atom. The molecule has 7 nitrogen and oxygen atoms in total. The van der Waals surface area contributed by atoms with Crippen molar-refractivity contribution in [3.8, 4) is 0 Å². The van der Waals surface area contributed by atoms with Gasteiger partial charge in [-0.2, -0.15) is 8.78 Å². The summed E-state index contributed by atoms with van der Waals surface area (Å²) in [5.74, 6) is -7.04. The molecule has 0 aromatic rings. The van der Waals surface area contributed by atoms with Crippen LogP contribution < -0.4 is 0 Å². The molecule has 2 bridgehead atoms. The van der Waals surface area contributed by atoms with Crippen LogP contribution in [0.25, 0.3) is 0 Å². The number of carbonyl (C=O) groups excluding carboxylic acids is 3. The van der Waals surface area contributed by atoms with Gasteiger partial charge in [0.2, 0.25) is 0 Å². The average molecular weight is 332 g/mol. The average Bonchev–Trinajstić information content (AvgIpc) is 3.07. The van der Waals surface area contributed by atoms with Gasteiger partial charge in [-0.1, -0.05) is 6.58 Å². The van der Waals surface area contributed by atoms with Crippen molar-refractivity contribution in [3.05, 3.63) is 12.2 Å². The number of ether oxygens (including phenoxy) is 4. The first-order valence-corrected chi connectivity index (χ1v) is 6.98. The minimum absolute atomic E-state index is 0.300. The van der Waals surface area contributed by atoms with Crippen LogP contribution in [-0.4, -0.2) is 54.9 Å². The molecule has 5 unspecified atom stereocenters. The molecule has 126 valence electrons. The molecule has 0 N–H and O–H groups in total. The number of carbonyl (C=O) groups is 3. The first kappa shape index (κ1) is 15.9. The monoisotopic (exact) mass is 332 g/mol. The van der Waals surface area contributed by atoms with Crippen LogP contribution in [0.4, 0.5) is 8.78 Å². The van der Waals surface area contributed by atoms with Crippen molar-refractivity contribution < 1.29 is 42.1 Å². The topological polar surface area (TPSA) is 88.1 Å². The Morgan fingerprint density at radius 1 is 1.39 bits per heavy atom. The van der Waals surface area contributed by atoms with Gasteiger partial charge < -0.3 is 18.9 Å². The molecule has 0 spiro atoms. The largest absolute Gasteiger partial charge is 0.456 e. The van der Waals surface area contributed by atoms with Gasteiger partial charge in [-0.25, -0.2) is 9.59 Å². The summed E-state index contributed by atoms with van der Waals surface area (Å²) in [6.07, 6.45) is -1.89. The third kappa shape index (κ3) is 2.69. The van der Waals surface area contributed by atoms with Crippen LogP contribution in [0.3, 0.4) is 0 Å². The van der Waals surface area contributed by atoms with E-state index >= 15 is 0 Å². The fraction of sp³-hybridized carbons (Fsp3) is 0.643. The van der Waals surface area contributed by atoms with Crippen LogP contribution >= 0.6 is 0 Å². The fourth-order valence-corrected chi connectivity index (χ4v) is 2.93. The minimum atomic E-state index is -3.66. The van der Waals surface area contributed by atoms with Crippen LogP contribution in [-0.2, 0) is 33.3 Å². The van der Waals surface area contributed by atoms with Gasteiger partial charge in [0.15, 0.2) is 12.2 Å². The van der Waals surface area contributed by atoms with Crippen molar-refractivity contribution in [1.29, 1.82) is 0 Å². The molecule has 3 heterocycles. The van der Waals surface area contributed by atoms with Crippen LogP contribution in [0.15, 0.2) is 12.2 Å². The summed E-state index contributed by atoms with van der Waals surface area (Å²) in [6, 6.07) is 0. The summed E-state index contributed by atoms with van der Waals surface area (Å²) in [6.45, 7) is 3.01. The molecule has 0 aromatic carbocycles. The molecule has 5 atom stereocenters. The van der Waals surface area contributed by atoms with E-state index in [2.05, 4.69) is 11.3 Å². The zero-order valence-electron chi connectivity index (χ0n) is 12.1. The molecule has 3 aliphatic rings. The molecule has 0 amide bonds. The summed E-state index contributed by atoms with van der Waals surface area (Å²) in [4.78, 5) is 34.4. The predicted octanol–water partition coefficient (Wildman–Crippen LogP) is 0.365. The number of halogens is 2. The van der Waals surface area contributed by atoms with Gasteiger partial charge in [0.05, 0.1) is 17.6 Å². The molecule has 3 fully saturated rings. The lowest BCUT2D eigenvalue weighted by Crippen LogP contribution is -2.40. The lowest BCUT2D eigenvalue weighted by Gasteiger charge is -2.22. The summed E-state index contributed by atoms with van der Waals surface area (Å²) in [7, 11) is 0. The van der Waals surface area contributed by atoms with Gasteiger partial charge in [0.25, 0.3) is 0 Å². The SMILES string of the molecule is C=C(COC(=O)C(C)(F)F)C(=O)OC1C2CC3C(=O)OC1C3O2.